The van der Waals surface area contributed by atoms with E-state index in [1.165, 1.54) is 19.2 Å². The lowest BCUT2D eigenvalue weighted by atomic mass is 10.2. The van der Waals surface area contributed by atoms with Crippen LogP contribution in [-0.4, -0.2) is 53.2 Å². The molecule has 2 heterocycles. The van der Waals surface area contributed by atoms with E-state index in [1.54, 1.807) is 9.91 Å². The maximum absolute atomic E-state index is 12.4. The van der Waals surface area contributed by atoms with Crippen molar-refractivity contribution in [2.75, 3.05) is 26.2 Å². The Labute approximate surface area is 147 Å². The molecular formula is C17H27F3N4O. The van der Waals surface area contributed by atoms with Crippen molar-refractivity contribution in [1.29, 1.82) is 0 Å². The van der Waals surface area contributed by atoms with Crippen LogP contribution < -0.4 is 0 Å². The van der Waals surface area contributed by atoms with E-state index in [-0.39, 0.29) is 5.91 Å². The third kappa shape index (κ3) is 8.00. The van der Waals surface area contributed by atoms with Gasteiger partial charge in [-0.1, -0.05) is 27.7 Å². The van der Waals surface area contributed by atoms with Crippen molar-refractivity contribution in [3.05, 3.63) is 29.6 Å². The molecule has 1 fully saturated rings. The van der Waals surface area contributed by atoms with E-state index in [4.69, 9.17) is 0 Å². The van der Waals surface area contributed by atoms with Gasteiger partial charge in [-0.25, -0.2) is 0 Å². The number of amides is 1. The predicted molar refractivity (Wildman–Crippen MR) is 93.4 cm³/mol. The second kappa shape index (κ2) is 11.4. The summed E-state index contributed by atoms with van der Waals surface area (Å²) in [4.78, 5) is 16.6. The summed E-state index contributed by atoms with van der Waals surface area (Å²) in [5, 5.41) is 5.93. The summed E-state index contributed by atoms with van der Waals surface area (Å²) in [7, 11) is 0. The summed E-state index contributed by atoms with van der Waals surface area (Å²) < 4.78 is 37.2. The quantitative estimate of drug-likeness (QED) is 0.757. The molecule has 1 amide bonds. The molecule has 25 heavy (non-hydrogen) atoms. The fraction of sp³-hybridized carbons (Fsp3) is 0.588. The van der Waals surface area contributed by atoms with Crippen molar-refractivity contribution in [2.45, 2.75) is 40.8 Å². The van der Waals surface area contributed by atoms with E-state index in [9.17, 15) is 18.0 Å². The fourth-order valence-electron chi connectivity index (χ4n) is 1.92. The van der Waals surface area contributed by atoms with Crippen LogP contribution in [0.2, 0.25) is 0 Å². The van der Waals surface area contributed by atoms with Crippen LogP contribution in [0.15, 0.2) is 23.4 Å². The van der Waals surface area contributed by atoms with E-state index < -0.39 is 11.7 Å². The number of alkyl halides is 3. The Balaban J connectivity index is 0.00000134. The summed E-state index contributed by atoms with van der Waals surface area (Å²) in [6.45, 7) is 11.9. The fourth-order valence-corrected chi connectivity index (χ4v) is 1.92. The zero-order valence-electron chi connectivity index (χ0n) is 15.5. The highest BCUT2D eigenvalue weighted by molar-refractivity contribution is 5.76. The van der Waals surface area contributed by atoms with Gasteiger partial charge < -0.3 is 4.90 Å². The van der Waals surface area contributed by atoms with Gasteiger partial charge in [0.05, 0.1) is 30.6 Å². The topological polar surface area (TPSA) is 48.8 Å². The van der Waals surface area contributed by atoms with Crippen molar-refractivity contribution in [3.8, 4) is 0 Å². The molecule has 1 aromatic rings. The Kier molecular flexibility index (Phi) is 10.5. The molecule has 142 valence electrons. The lowest BCUT2D eigenvalue weighted by Crippen LogP contribution is -2.46. The van der Waals surface area contributed by atoms with E-state index in [2.05, 4.69) is 10.1 Å². The summed E-state index contributed by atoms with van der Waals surface area (Å²) in [5.41, 5.74) is -0.424. The average molecular weight is 360 g/mol. The first-order chi connectivity index (χ1) is 11.9. The number of hydrogen-bond donors (Lipinski definition) is 0. The Morgan fingerprint density at radius 1 is 1.12 bits per heavy atom. The molecule has 1 aromatic heterocycles. The van der Waals surface area contributed by atoms with Crippen molar-refractivity contribution in [2.24, 2.45) is 5.10 Å². The molecule has 2 rings (SSSR count). The number of aromatic nitrogens is 1. The molecule has 8 heteroatoms. The number of piperazine rings is 1. The molecule has 1 aliphatic heterocycles. The minimum atomic E-state index is -4.38. The Morgan fingerprint density at radius 3 is 2.08 bits per heavy atom. The predicted octanol–water partition coefficient (Wildman–Crippen LogP) is 3.65. The number of rotatable bonds is 2. The number of carbonyl (C=O) groups is 1. The molecule has 5 nitrogen and oxygen atoms in total. The molecule has 0 aliphatic carbocycles. The van der Waals surface area contributed by atoms with Gasteiger partial charge in [0.1, 0.15) is 0 Å². The summed E-state index contributed by atoms with van der Waals surface area (Å²) in [6.07, 6.45) is -2.18. The second-order valence-electron chi connectivity index (χ2n) is 4.67. The molecule has 0 radical (unpaired) electrons. The van der Waals surface area contributed by atoms with Crippen molar-refractivity contribution < 1.29 is 18.0 Å². The van der Waals surface area contributed by atoms with E-state index in [0.717, 1.165) is 12.3 Å². The number of nitrogens with zero attached hydrogens (tertiary/aromatic N) is 4. The number of pyridine rings is 1. The first kappa shape index (κ1) is 22.9. The molecule has 0 N–H and O–H groups in total. The van der Waals surface area contributed by atoms with Crippen molar-refractivity contribution >= 4 is 12.1 Å². The molecule has 0 bridgehead atoms. The van der Waals surface area contributed by atoms with Gasteiger partial charge in [0, 0.05) is 26.2 Å². The number of carbonyl (C=O) groups excluding carboxylic acids is 1. The highest BCUT2D eigenvalue weighted by atomic mass is 19.4. The van der Waals surface area contributed by atoms with Crippen LogP contribution in [0, 0.1) is 0 Å². The SMILES string of the molecule is CC.CC.CC(=O)N1CCN(/N=C/c2ccc(C(F)(F)F)cn2)CC1. The lowest BCUT2D eigenvalue weighted by molar-refractivity contribution is -0.137. The highest BCUT2D eigenvalue weighted by Crippen LogP contribution is 2.28. The average Bonchev–Trinajstić information content (AvgIpc) is 2.63. The Bertz CT molecular complexity index is 522. The van der Waals surface area contributed by atoms with Crippen LogP contribution in [0.4, 0.5) is 13.2 Å². The van der Waals surface area contributed by atoms with Gasteiger partial charge in [0.2, 0.25) is 5.91 Å². The first-order valence-corrected chi connectivity index (χ1v) is 8.44. The molecule has 0 aromatic carbocycles. The number of hydrogen-bond acceptors (Lipinski definition) is 4. The minimum Gasteiger partial charge on any atom is -0.339 e. The van der Waals surface area contributed by atoms with Crippen LogP contribution in [0.25, 0.3) is 0 Å². The molecular weight excluding hydrogens is 333 g/mol. The van der Waals surface area contributed by atoms with E-state index in [0.29, 0.717) is 31.9 Å². The highest BCUT2D eigenvalue weighted by Gasteiger charge is 2.30. The van der Waals surface area contributed by atoms with Crippen LogP contribution in [-0.2, 0) is 11.0 Å². The minimum absolute atomic E-state index is 0.0306. The Morgan fingerprint density at radius 2 is 1.68 bits per heavy atom. The maximum Gasteiger partial charge on any atom is 0.417 e. The maximum atomic E-state index is 12.4. The van der Waals surface area contributed by atoms with Crippen LogP contribution in [0.1, 0.15) is 45.9 Å². The molecule has 1 saturated heterocycles. The normalized spacial score (nSPS) is 14.4. The summed E-state index contributed by atoms with van der Waals surface area (Å²) in [5.74, 6) is 0.0306. The number of halogens is 3. The second-order valence-corrected chi connectivity index (χ2v) is 4.67. The largest absolute Gasteiger partial charge is 0.417 e. The van der Waals surface area contributed by atoms with E-state index in [1.807, 2.05) is 27.7 Å². The molecule has 0 unspecified atom stereocenters. The first-order valence-electron chi connectivity index (χ1n) is 8.44. The molecule has 1 aliphatic rings. The lowest BCUT2D eigenvalue weighted by Gasteiger charge is -2.32. The van der Waals surface area contributed by atoms with Gasteiger partial charge in [-0.15, -0.1) is 0 Å². The van der Waals surface area contributed by atoms with Gasteiger partial charge in [0.15, 0.2) is 0 Å². The van der Waals surface area contributed by atoms with Crippen LogP contribution in [0.5, 0.6) is 0 Å². The van der Waals surface area contributed by atoms with Crippen molar-refractivity contribution in [1.82, 2.24) is 14.9 Å². The third-order valence-electron chi connectivity index (χ3n) is 3.17. The zero-order chi connectivity index (χ0) is 19.5. The van der Waals surface area contributed by atoms with E-state index >= 15 is 0 Å². The Hall–Kier alpha value is -2.12. The molecule has 0 spiro atoms. The van der Waals surface area contributed by atoms with Crippen LogP contribution in [0.3, 0.4) is 0 Å². The van der Waals surface area contributed by atoms with Gasteiger partial charge in [-0.3, -0.25) is 14.8 Å². The monoisotopic (exact) mass is 360 g/mol. The summed E-state index contributed by atoms with van der Waals surface area (Å²) in [6, 6.07) is 2.25. The standard InChI is InChI=1S/C13H15F3N4O.2C2H6/c1-10(21)19-4-6-20(7-5-19)18-9-12-3-2-11(8-17-12)13(14,15)16;2*1-2/h2-3,8-9H,4-7H2,1H3;2*1-2H3/b18-9+;;. The zero-order valence-corrected chi connectivity index (χ0v) is 15.5. The molecule has 0 saturated carbocycles. The summed E-state index contributed by atoms with van der Waals surface area (Å²) >= 11 is 0. The van der Waals surface area contributed by atoms with Gasteiger partial charge >= 0.3 is 6.18 Å². The molecule has 0 atom stereocenters. The van der Waals surface area contributed by atoms with Gasteiger partial charge in [-0.05, 0) is 12.1 Å². The number of hydrazone groups is 1. The van der Waals surface area contributed by atoms with Crippen molar-refractivity contribution in [3.63, 3.8) is 0 Å². The van der Waals surface area contributed by atoms with Gasteiger partial charge in [-0.2, -0.15) is 18.3 Å². The smallest absolute Gasteiger partial charge is 0.339 e. The third-order valence-corrected chi connectivity index (χ3v) is 3.17. The van der Waals surface area contributed by atoms with Gasteiger partial charge in [0.25, 0.3) is 0 Å². The van der Waals surface area contributed by atoms with Crippen LogP contribution >= 0.6 is 0 Å².